The Kier molecular flexibility index (Phi) is 7.74. The zero-order valence-corrected chi connectivity index (χ0v) is 18.2. The molecule has 3 aromatic rings. The van der Waals surface area contributed by atoms with E-state index in [9.17, 15) is 4.79 Å². The maximum atomic E-state index is 13.0. The molecule has 0 spiro atoms. The summed E-state index contributed by atoms with van der Waals surface area (Å²) in [7, 11) is 3.49. The van der Waals surface area contributed by atoms with E-state index < -0.39 is 12.3 Å². The van der Waals surface area contributed by atoms with Gasteiger partial charge in [0.15, 0.2) is 12.0 Å². The number of amides is 1. The van der Waals surface area contributed by atoms with E-state index in [1.165, 1.54) is 4.68 Å². The summed E-state index contributed by atoms with van der Waals surface area (Å²) >= 11 is 0. The third-order valence-corrected chi connectivity index (χ3v) is 4.65. The van der Waals surface area contributed by atoms with Gasteiger partial charge in [-0.05, 0) is 31.5 Å². The fraction of sp³-hybridized carbons (Fsp3) is 0.429. The first-order chi connectivity index (χ1) is 15.0. The van der Waals surface area contributed by atoms with Gasteiger partial charge in [0, 0.05) is 32.7 Å². The lowest BCUT2D eigenvalue weighted by atomic mass is 10.1. The van der Waals surface area contributed by atoms with Crippen molar-refractivity contribution in [3.63, 3.8) is 0 Å². The zero-order chi connectivity index (χ0) is 22.2. The van der Waals surface area contributed by atoms with Crippen LogP contribution in [0.5, 0.6) is 5.75 Å². The van der Waals surface area contributed by atoms with Gasteiger partial charge in [-0.25, -0.2) is 9.67 Å². The summed E-state index contributed by atoms with van der Waals surface area (Å²) in [6.07, 6.45) is 4.64. The van der Waals surface area contributed by atoms with Crippen LogP contribution < -0.4 is 10.1 Å². The second kappa shape index (κ2) is 10.7. The minimum Gasteiger partial charge on any atom is -0.497 e. The maximum Gasteiger partial charge on any atom is 0.274 e. The van der Waals surface area contributed by atoms with Gasteiger partial charge in [-0.2, -0.15) is 0 Å². The molecule has 0 fully saturated rings. The van der Waals surface area contributed by atoms with Gasteiger partial charge in [0.05, 0.1) is 19.9 Å². The van der Waals surface area contributed by atoms with Crippen LogP contribution >= 0.6 is 0 Å². The molecule has 2 heterocycles. The molecule has 31 heavy (non-hydrogen) atoms. The van der Waals surface area contributed by atoms with Gasteiger partial charge in [-0.3, -0.25) is 4.79 Å². The molecule has 0 radical (unpaired) electrons. The minimum absolute atomic E-state index is 0.194. The van der Waals surface area contributed by atoms with Crippen LogP contribution in [0.2, 0.25) is 0 Å². The molecule has 0 aliphatic rings. The van der Waals surface area contributed by atoms with E-state index in [0.717, 1.165) is 11.3 Å². The van der Waals surface area contributed by atoms with Crippen LogP contribution in [-0.4, -0.2) is 57.1 Å². The van der Waals surface area contributed by atoms with Gasteiger partial charge < -0.3 is 24.1 Å². The van der Waals surface area contributed by atoms with Crippen LogP contribution in [0.1, 0.15) is 41.8 Å². The number of hydrogen-bond donors (Lipinski definition) is 1. The standard InChI is InChI=1S/C21H28N6O4/c1-5-30-18(31-6-2)14-27-13-17(24-25-27)21(28)23-19(20-22-11-12-26(20)3)15-7-9-16(29-4)10-8-15/h7-13,18-19H,5-6,14H2,1-4H3,(H,23,28). The zero-order valence-electron chi connectivity index (χ0n) is 18.2. The van der Waals surface area contributed by atoms with Crippen molar-refractivity contribution in [1.29, 1.82) is 0 Å². The van der Waals surface area contributed by atoms with Crippen LogP contribution in [0.15, 0.2) is 42.9 Å². The molecule has 0 saturated heterocycles. The van der Waals surface area contributed by atoms with Crippen LogP contribution in [0.4, 0.5) is 0 Å². The summed E-state index contributed by atoms with van der Waals surface area (Å²) in [4.78, 5) is 17.4. The number of ether oxygens (including phenoxy) is 3. The normalized spacial score (nSPS) is 12.2. The van der Waals surface area contributed by atoms with Gasteiger partial charge in [0.1, 0.15) is 17.6 Å². The largest absolute Gasteiger partial charge is 0.497 e. The number of hydrogen-bond acceptors (Lipinski definition) is 7. The molecular weight excluding hydrogens is 400 g/mol. The van der Waals surface area contributed by atoms with Crippen molar-refractivity contribution in [2.45, 2.75) is 32.7 Å². The van der Waals surface area contributed by atoms with Crippen LogP contribution in [0.25, 0.3) is 0 Å². The predicted octanol–water partition coefficient (Wildman–Crippen LogP) is 1.94. The summed E-state index contributed by atoms with van der Waals surface area (Å²) in [5.41, 5.74) is 1.06. The van der Waals surface area contributed by atoms with Gasteiger partial charge in [0.25, 0.3) is 5.91 Å². The molecule has 1 aromatic carbocycles. The Bertz CT molecular complexity index is 962. The Balaban J connectivity index is 1.78. The van der Waals surface area contributed by atoms with Crippen molar-refractivity contribution in [3.05, 3.63) is 59.9 Å². The lowest BCUT2D eigenvalue weighted by molar-refractivity contribution is -0.145. The Morgan fingerprint density at radius 1 is 1.16 bits per heavy atom. The number of benzene rings is 1. The molecule has 0 aliphatic heterocycles. The molecule has 0 aliphatic carbocycles. The quantitative estimate of drug-likeness (QED) is 0.465. The Hall–Kier alpha value is -3.24. The van der Waals surface area contributed by atoms with Gasteiger partial charge in [-0.1, -0.05) is 17.3 Å². The molecule has 1 N–H and O–H groups in total. The second-order valence-corrected chi connectivity index (χ2v) is 6.74. The number of aryl methyl sites for hydroxylation is 1. The monoisotopic (exact) mass is 428 g/mol. The van der Waals surface area contributed by atoms with Crippen molar-refractivity contribution in [2.75, 3.05) is 20.3 Å². The number of carbonyl (C=O) groups excluding carboxylic acids is 1. The average Bonchev–Trinajstić information content (AvgIpc) is 3.41. The van der Waals surface area contributed by atoms with Crippen LogP contribution in [-0.2, 0) is 23.1 Å². The molecular formula is C21H28N6O4. The molecule has 3 rings (SSSR count). The van der Waals surface area contributed by atoms with E-state index >= 15 is 0 Å². The molecule has 1 amide bonds. The lowest BCUT2D eigenvalue weighted by Crippen LogP contribution is -2.31. The number of nitrogens with zero attached hydrogens (tertiary/aromatic N) is 5. The summed E-state index contributed by atoms with van der Waals surface area (Å²) < 4.78 is 19.7. The molecule has 0 bridgehead atoms. The van der Waals surface area contributed by atoms with E-state index in [1.54, 1.807) is 19.5 Å². The smallest absolute Gasteiger partial charge is 0.274 e. The third-order valence-electron chi connectivity index (χ3n) is 4.65. The topological polar surface area (TPSA) is 105 Å². The van der Waals surface area contributed by atoms with E-state index in [1.807, 2.05) is 55.9 Å². The maximum absolute atomic E-state index is 13.0. The Labute approximate surface area is 181 Å². The van der Waals surface area contributed by atoms with Crippen molar-refractivity contribution < 1.29 is 19.0 Å². The highest BCUT2D eigenvalue weighted by Crippen LogP contribution is 2.23. The van der Waals surface area contributed by atoms with Gasteiger partial charge >= 0.3 is 0 Å². The summed E-state index contributed by atoms with van der Waals surface area (Å²) in [6, 6.07) is 7.00. The molecule has 1 atom stereocenters. The number of rotatable bonds is 11. The van der Waals surface area contributed by atoms with E-state index in [0.29, 0.717) is 25.6 Å². The highest BCUT2D eigenvalue weighted by atomic mass is 16.7. The predicted molar refractivity (Wildman–Crippen MR) is 113 cm³/mol. The summed E-state index contributed by atoms with van der Waals surface area (Å²) in [6.45, 7) is 5.15. The van der Waals surface area contributed by atoms with Crippen molar-refractivity contribution >= 4 is 5.91 Å². The molecule has 10 heteroatoms. The Morgan fingerprint density at radius 2 is 1.87 bits per heavy atom. The lowest BCUT2D eigenvalue weighted by Gasteiger charge is -2.19. The first kappa shape index (κ1) is 22.4. The fourth-order valence-electron chi connectivity index (χ4n) is 3.12. The molecule has 10 nitrogen and oxygen atoms in total. The van der Waals surface area contributed by atoms with Gasteiger partial charge in [0.2, 0.25) is 0 Å². The van der Waals surface area contributed by atoms with Gasteiger partial charge in [-0.15, -0.1) is 5.10 Å². The Morgan fingerprint density at radius 3 is 2.45 bits per heavy atom. The number of nitrogens with one attached hydrogen (secondary N) is 1. The van der Waals surface area contributed by atoms with E-state index in [4.69, 9.17) is 14.2 Å². The van der Waals surface area contributed by atoms with Crippen LogP contribution in [0, 0.1) is 0 Å². The summed E-state index contributed by atoms with van der Waals surface area (Å²) in [5, 5.41) is 11.0. The third kappa shape index (κ3) is 5.68. The fourth-order valence-corrected chi connectivity index (χ4v) is 3.12. The first-order valence-electron chi connectivity index (χ1n) is 10.1. The number of carbonyl (C=O) groups is 1. The average molecular weight is 428 g/mol. The summed E-state index contributed by atoms with van der Waals surface area (Å²) in [5.74, 6) is 1.06. The van der Waals surface area contributed by atoms with Crippen molar-refractivity contribution in [1.82, 2.24) is 29.9 Å². The molecule has 0 saturated carbocycles. The van der Waals surface area contributed by atoms with Crippen molar-refractivity contribution in [3.8, 4) is 5.75 Å². The number of imidazole rings is 1. The van der Waals surface area contributed by atoms with Crippen LogP contribution in [0.3, 0.4) is 0 Å². The van der Waals surface area contributed by atoms with E-state index in [2.05, 4.69) is 20.6 Å². The highest BCUT2D eigenvalue weighted by molar-refractivity contribution is 5.92. The minimum atomic E-state index is -0.469. The SMILES string of the molecule is CCOC(Cn1cc(C(=O)NC(c2ccc(OC)cc2)c2nccn2C)nn1)OCC. The highest BCUT2D eigenvalue weighted by Gasteiger charge is 2.23. The number of aromatic nitrogens is 5. The van der Waals surface area contributed by atoms with Crippen molar-refractivity contribution in [2.24, 2.45) is 7.05 Å². The molecule has 2 aromatic heterocycles. The molecule has 166 valence electrons. The number of methoxy groups -OCH3 is 1. The second-order valence-electron chi connectivity index (χ2n) is 6.74. The molecule has 1 unspecified atom stereocenters. The van der Waals surface area contributed by atoms with E-state index in [-0.39, 0.29) is 11.6 Å². The first-order valence-corrected chi connectivity index (χ1v) is 10.1.